The molecule has 1 nitrogen and oxygen atoms in total. The van der Waals surface area contributed by atoms with E-state index < -0.39 is 0 Å². The molecule has 1 heterocycles. The zero-order valence-corrected chi connectivity index (χ0v) is 11.7. The van der Waals surface area contributed by atoms with Crippen molar-refractivity contribution in [2.75, 3.05) is 7.05 Å². The van der Waals surface area contributed by atoms with Crippen LogP contribution in [0.3, 0.4) is 0 Å². The van der Waals surface area contributed by atoms with Crippen molar-refractivity contribution in [2.24, 2.45) is 11.8 Å². The van der Waals surface area contributed by atoms with E-state index >= 15 is 0 Å². The predicted octanol–water partition coefficient (Wildman–Crippen LogP) is 3.93. The van der Waals surface area contributed by atoms with Crippen LogP contribution in [-0.4, -0.2) is 23.0 Å². The van der Waals surface area contributed by atoms with Gasteiger partial charge in [-0.25, -0.2) is 0 Å². The van der Waals surface area contributed by atoms with E-state index in [1.807, 2.05) is 0 Å². The molecule has 1 saturated heterocycles. The molecule has 1 rings (SSSR count). The first-order chi connectivity index (χ1) is 6.68. The van der Waals surface area contributed by atoms with E-state index in [4.69, 9.17) is 0 Å². The molecule has 1 atom stereocenters. The van der Waals surface area contributed by atoms with Gasteiger partial charge in [0.1, 0.15) is 0 Å². The van der Waals surface area contributed by atoms with E-state index in [0.717, 1.165) is 11.8 Å². The summed E-state index contributed by atoms with van der Waals surface area (Å²) in [5.41, 5.74) is 0.754. The molecule has 1 heteroatoms. The number of likely N-dealkylation sites (tertiary alicyclic amines) is 1. The summed E-state index contributed by atoms with van der Waals surface area (Å²) in [6, 6.07) is 0. The maximum absolute atomic E-state index is 2.57. The zero-order chi connectivity index (χ0) is 11.9. The van der Waals surface area contributed by atoms with Crippen molar-refractivity contribution in [1.82, 2.24) is 4.90 Å². The Balaban J connectivity index is 2.67. The van der Waals surface area contributed by atoms with Gasteiger partial charge in [-0.3, -0.25) is 4.90 Å². The van der Waals surface area contributed by atoms with Gasteiger partial charge in [0.25, 0.3) is 0 Å². The maximum atomic E-state index is 2.57. The molecule has 1 unspecified atom stereocenters. The molecular weight excluding hydrogens is 182 g/mol. The Bertz CT molecular complexity index is 215. The Labute approximate surface area is 96.2 Å². The van der Waals surface area contributed by atoms with Gasteiger partial charge in [-0.15, -0.1) is 0 Å². The molecule has 0 aromatic rings. The summed E-state index contributed by atoms with van der Waals surface area (Å²) >= 11 is 0. The molecule has 0 amide bonds. The molecule has 0 radical (unpaired) electrons. The van der Waals surface area contributed by atoms with E-state index in [2.05, 4.69) is 53.5 Å². The largest absolute Gasteiger partial charge is 0.296 e. The van der Waals surface area contributed by atoms with Gasteiger partial charge in [-0.2, -0.15) is 0 Å². The number of rotatable bonds is 3. The molecule has 0 aromatic heterocycles. The number of nitrogens with zero attached hydrogens (tertiary/aromatic N) is 1. The van der Waals surface area contributed by atoms with Crippen LogP contribution < -0.4 is 0 Å². The first kappa shape index (κ1) is 13.0. The minimum absolute atomic E-state index is 0.373. The number of hydrogen-bond donors (Lipinski definition) is 0. The third-order valence-corrected chi connectivity index (χ3v) is 4.61. The zero-order valence-electron chi connectivity index (χ0n) is 11.7. The Hall–Kier alpha value is -0.0400. The van der Waals surface area contributed by atoms with E-state index in [1.165, 1.54) is 19.3 Å². The summed E-state index contributed by atoms with van der Waals surface area (Å²) in [6.45, 7) is 14.2. The maximum Gasteiger partial charge on any atom is 0.0184 e. The van der Waals surface area contributed by atoms with Crippen molar-refractivity contribution in [1.29, 1.82) is 0 Å². The van der Waals surface area contributed by atoms with Crippen LogP contribution in [0, 0.1) is 11.8 Å². The molecule has 1 aliphatic heterocycles. The van der Waals surface area contributed by atoms with Crippen LogP contribution in [0.25, 0.3) is 0 Å². The van der Waals surface area contributed by atoms with Crippen LogP contribution in [-0.2, 0) is 0 Å². The molecule has 0 spiro atoms. The van der Waals surface area contributed by atoms with E-state index in [-0.39, 0.29) is 0 Å². The van der Waals surface area contributed by atoms with Gasteiger partial charge in [-0.05, 0) is 59.4 Å². The Morgan fingerprint density at radius 1 is 1.20 bits per heavy atom. The van der Waals surface area contributed by atoms with Crippen LogP contribution in [0.1, 0.15) is 60.8 Å². The molecule has 0 N–H and O–H groups in total. The lowest BCUT2D eigenvalue weighted by molar-refractivity contribution is 0.0970. The molecule has 0 saturated carbocycles. The molecule has 0 bridgehead atoms. The van der Waals surface area contributed by atoms with Gasteiger partial charge in [0.2, 0.25) is 0 Å². The van der Waals surface area contributed by atoms with Gasteiger partial charge in [-0.1, -0.05) is 20.3 Å². The van der Waals surface area contributed by atoms with E-state index in [9.17, 15) is 0 Å². The fourth-order valence-corrected chi connectivity index (χ4v) is 3.03. The smallest absolute Gasteiger partial charge is 0.0184 e. The molecule has 15 heavy (non-hydrogen) atoms. The van der Waals surface area contributed by atoms with Gasteiger partial charge in [0, 0.05) is 11.1 Å². The molecule has 0 aromatic carbocycles. The lowest BCUT2D eigenvalue weighted by atomic mass is 9.82. The standard InChI is InChI=1S/C14H29N/c1-11(2)8-9-12-10-13(3,4)15(7)14(12,5)6/h11-12H,8-10H2,1-7H3. The Morgan fingerprint density at radius 3 is 2.07 bits per heavy atom. The minimum atomic E-state index is 0.373. The minimum Gasteiger partial charge on any atom is -0.296 e. The van der Waals surface area contributed by atoms with Crippen LogP contribution >= 0.6 is 0 Å². The summed E-state index contributed by atoms with van der Waals surface area (Å²) in [5.74, 6) is 1.70. The summed E-state index contributed by atoms with van der Waals surface area (Å²) < 4.78 is 0. The van der Waals surface area contributed by atoms with E-state index in [0.29, 0.717) is 11.1 Å². The van der Waals surface area contributed by atoms with Gasteiger partial charge < -0.3 is 0 Å². The third-order valence-electron chi connectivity index (χ3n) is 4.61. The van der Waals surface area contributed by atoms with Gasteiger partial charge in [0.05, 0.1) is 0 Å². The SMILES string of the molecule is CC(C)CCC1CC(C)(C)N(C)C1(C)C. The topological polar surface area (TPSA) is 3.24 Å². The van der Waals surface area contributed by atoms with Crippen molar-refractivity contribution < 1.29 is 0 Å². The normalized spacial score (nSPS) is 30.0. The second-order valence-electron chi connectivity index (χ2n) is 6.90. The second-order valence-corrected chi connectivity index (χ2v) is 6.90. The van der Waals surface area contributed by atoms with Crippen LogP contribution in [0.2, 0.25) is 0 Å². The van der Waals surface area contributed by atoms with Gasteiger partial charge in [0.15, 0.2) is 0 Å². The summed E-state index contributed by atoms with van der Waals surface area (Å²) in [7, 11) is 2.29. The lowest BCUT2D eigenvalue weighted by Crippen LogP contribution is -2.46. The Morgan fingerprint density at radius 2 is 1.73 bits per heavy atom. The van der Waals surface area contributed by atoms with E-state index in [1.54, 1.807) is 0 Å². The van der Waals surface area contributed by atoms with Crippen LogP contribution in [0.15, 0.2) is 0 Å². The van der Waals surface area contributed by atoms with Crippen molar-refractivity contribution in [2.45, 2.75) is 71.9 Å². The highest BCUT2D eigenvalue weighted by atomic mass is 15.3. The molecule has 90 valence electrons. The fraction of sp³-hybridized carbons (Fsp3) is 1.00. The predicted molar refractivity (Wildman–Crippen MR) is 68.1 cm³/mol. The molecule has 1 aliphatic rings. The highest BCUT2D eigenvalue weighted by Gasteiger charge is 2.48. The highest BCUT2D eigenvalue weighted by Crippen LogP contribution is 2.45. The highest BCUT2D eigenvalue weighted by molar-refractivity contribution is 5.03. The third kappa shape index (κ3) is 2.55. The van der Waals surface area contributed by atoms with Crippen LogP contribution in [0.4, 0.5) is 0 Å². The monoisotopic (exact) mass is 211 g/mol. The summed E-state index contributed by atoms with van der Waals surface area (Å²) in [6.07, 6.45) is 4.11. The fourth-order valence-electron chi connectivity index (χ4n) is 3.03. The molecule has 0 aliphatic carbocycles. The molecular formula is C14H29N. The van der Waals surface area contributed by atoms with Crippen molar-refractivity contribution in [3.8, 4) is 0 Å². The lowest BCUT2D eigenvalue weighted by Gasteiger charge is -2.38. The van der Waals surface area contributed by atoms with Gasteiger partial charge >= 0.3 is 0 Å². The average Bonchev–Trinajstić information content (AvgIpc) is 2.23. The summed E-state index contributed by atoms with van der Waals surface area (Å²) in [4.78, 5) is 2.57. The van der Waals surface area contributed by atoms with Crippen molar-refractivity contribution in [3.63, 3.8) is 0 Å². The first-order valence-electron chi connectivity index (χ1n) is 6.42. The quantitative estimate of drug-likeness (QED) is 0.683. The van der Waals surface area contributed by atoms with Crippen molar-refractivity contribution >= 4 is 0 Å². The second kappa shape index (κ2) is 4.08. The van der Waals surface area contributed by atoms with Crippen LogP contribution in [0.5, 0.6) is 0 Å². The Kier molecular flexibility index (Phi) is 3.55. The summed E-state index contributed by atoms with van der Waals surface area (Å²) in [5, 5.41) is 0. The average molecular weight is 211 g/mol. The molecule has 1 fully saturated rings. The number of hydrogen-bond acceptors (Lipinski definition) is 1. The van der Waals surface area contributed by atoms with Crippen molar-refractivity contribution in [3.05, 3.63) is 0 Å². The first-order valence-corrected chi connectivity index (χ1v) is 6.42.